The molecule has 2 aromatic rings. The van der Waals surface area contributed by atoms with E-state index in [0.29, 0.717) is 12.5 Å². The number of fused-ring (bicyclic) bond motifs is 1. The highest BCUT2D eigenvalue weighted by Gasteiger charge is 2.17. The van der Waals surface area contributed by atoms with Crippen molar-refractivity contribution in [3.8, 4) is 0 Å². The molecular weight excluding hydrogens is 250 g/mol. The van der Waals surface area contributed by atoms with Gasteiger partial charge in [0.15, 0.2) is 5.65 Å². The van der Waals surface area contributed by atoms with Crippen LogP contribution in [0, 0.1) is 5.92 Å². The first-order valence-corrected chi connectivity index (χ1v) is 6.51. The number of pyridine rings is 1. The van der Waals surface area contributed by atoms with Crippen molar-refractivity contribution < 1.29 is 4.74 Å². The Kier molecular flexibility index (Phi) is 4.19. The lowest BCUT2D eigenvalue weighted by Crippen LogP contribution is -2.15. The number of nitrogens with zero attached hydrogens (tertiary/aromatic N) is 3. The van der Waals surface area contributed by atoms with Gasteiger partial charge in [-0.15, -0.1) is 11.6 Å². The van der Waals surface area contributed by atoms with Crippen LogP contribution in [-0.2, 0) is 11.3 Å². The van der Waals surface area contributed by atoms with E-state index in [9.17, 15) is 0 Å². The van der Waals surface area contributed by atoms with Crippen LogP contribution >= 0.6 is 11.6 Å². The molecule has 2 heterocycles. The average molecular weight is 268 g/mol. The topological polar surface area (TPSA) is 39.9 Å². The summed E-state index contributed by atoms with van der Waals surface area (Å²) in [5, 5.41) is -0.131. The number of hydrogen-bond donors (Lipinski definition) is 0. The minimum atomic E-state index is -0.131. The molecular formula is C13H18ClN3O. The van der Waals surface area contributed by atoms with Crippen LogP contribution in [0.1, 0.15) is 25.0 Å². The first-order valence-electron chi connectivity index (χ1n) is 6.07. The molecule has 0 aliphatic carbocycles. The van der Waals surface area contributed by atoms with Crippen LogP contribution in [0.5, 0.6) is 0 Å². The van der Waals surface area contributed by atoms with E-state index in [1.54, 1.807) is 13.3 Å². The van der Waals surface area contributed by atoms with E-state index in [1.165, 1.54) is 0 Å². The minimum Gasteiger partial charge on any atom is -0.384 e. The van der Waals surface area contributed by atoms with Gasteiger partial charge >= 0.3 is 0 Å². The molecule has 0 saturated heterocycles. The lowest BCUT2D eigenvalue weighted by molar-refractivity contribution is 0.151. The fourth-order valence-corrected chi connectivity index (χ4v) is 2.28. The predicted octanol–water partition coefficient (Wildman–Crippen LogP) is 3.01. The third-order valence-electron chi connectivity index (χ3n) is 2.83. The van der Waals surface area contributed by atoms with Gasteiger partial charge in [0, 0.05) is 19.9 Å². The molecule has 0 aliphatic heterocycles. The summed E-state index contributed by atoms with van der Waals surface area (Å²) < 4.78 is 7.27. The molecule has 0 aromatic carbocycles. The van der Waals surface area contributed by atoms with Crippen molar-refractivity contribution in [1.82, 2.24) is 14.5 Å². The minimum absolute atomic E-state index is 0.131. The smallest absolute Gasteiger partial charge is 0.160 e. The molecule has 0 radical (unpaired) electrons. The second-order valence-corrected chi connectivity index (χ2v) is 5.26. The van der Waals surface area contributed by atoms with Gasteiger partial charge in [-0.3, -0.25) is 0 Å². The molecule has 2 atom stereocenters. The highest BCUT2D eigenvalue weighted by molar-refractivity contribution is 6.20. The first kappa shape index (κ1) is 13.3. The van der Waals surface area contributed by atoms with E-state index < -0.39 is 0 Å². The van der Waals surface area contributed by atoms with Crippen LogP contribution in [0.25, 0.3) is 11.2 Å². The van der Waals surface area contributed by atoms with Crippen LogP contribution in [0.3, 0.4) is 0 Å². The zero-order valence-electron chi connectivity index (χ0n) is 10.9. The maximum Gasteiger partial charge on any atom is 0.160 e. The van der Waals surface area contributed by atoms with Crippen LogP contribution in [0.15, 0.2) is 18.3 Å². The summed E-state index contributed by atoms with van der Waals surface area (Å²) in [5.74, 6) is 1.26. The summed E-state index contributed by atoms with van der Waals surface area (Å²) in [6, 6.07) is 3.85. The summed E-state index contributed by atoms with van der Waals surface area (Å²) in [4.78, 5) is 8.95. The second kappa shape index (κ2) is 5.67. The van der Waals surface area contributed by atoms with Gasteiger partial charge in [-0.2, -0.15) is 0 Å². The highest BCUT2D eigenvalue weighted by atomic mass is 35.5. The Labute approximate surface area is 112 Å². The van der Waals surface area contributed by atoms with Crippen molar-refractivity contribution in [1.29, 1.82) is 0 Å². The molecule has 5 heteroatoms. The monoisotopic (exact) mass is 267 g/mol. The summed E-state index contributed by atoms with van der Waals surface area (Å²) in [6.45, 7) is 5.59. The van der Waals surface area contributed by atoms with Gasteiger partial charge in [0.25, 0.3) is 0 Å². The predicted molar refractivity (Wildman–Crippen MR) is 72.8 cm³/mol. The summed E-state index contributed by atoms with van der Waals surface area (Å²) in [6.07, 6.45) is 1.78. The molecule has 0 N–H and O–H groups in total. The second-order valence-electron chi connectivity index (χ2n) is 4.60. The molecule has 2 unspecified atom stereocenters. The molecule has 18 heavy (non-hydrogen) atoms. The molecule has 2 aromatic heterocycles. The fourth-order valence-electron chi connectivity index (χ4n) is 2.11. The summed E-state index contributed by atoms with van der Waals surface area (Å²) >= 11 is 6.20. The molecule has 0 spiro atoms. The van der Waals surface area contributed by atoms with Crippen LogP contribution in [-0.4, -0.2) is 28.3 Å². The maximum absolute atomic E-state index is 6.20. The van der Waals surface area contributed by atoms with Crippen molar-refractivity contribution in [2.45, 2.75) is 25.8 Å². The quantitative estimate of drug-likeness (QED) is 0.782. The number of rotatable bonds is 5. The van der Waals surface area contributed by atoms with Gasteiger partial charge in [-0.05, 0) is 25.0 Å². The molecule has 0 bridgehead atoms. The van der Waals surface area contributed by atoms with Crippen molar-refractivity contribution in [2.24, 2.45) is 5.92 Å². The molecule has 0 amide bonds. The van der Waals surface area contributed by atoms with Crippen LogP contribution in [0.2, 0.25) is 0 Å². The van der Waals surface area contributed by atoms with E-state index >= 15 is 0 Å². The Hall–Kier alpha value is -1.13. The first-order chi connectivity index (χ1) is 8.63. The zero-order valence-corrected chi connectivity index (χ0v) is 11.7. The molecule has 2 rings (SSSR count). The van der Waals surface area contributed by atoms with Gasteiger partial charge in [0.1, 0.15) is 11.3 Å². The average Bonchev–Trinajstić information content (AvgIpc) is 2.69. The van der Waals surface area contributed by atoms with E-state index in [1.807, 2.05) is 19.1 Å². The number of imidazole rings is 1. The number of halogens is 1. The van der Waals surface area contributed by atoms with Gasteiger partial charge in [0.05, 0.1) is 12.0 Å². The molecule has 98 valence electrons. The zero-order chi connectivity index (χ0) is 13.1. The standard InChI is InChI=1S/C13H18ClN3O/c1-9(8-18-3)7-17-12(10(2)14)16-11-5-4-6-15-13(11)17/h4-6,9-10H,7-8H2,1-3H3. The van der Waals surface area contributed by atoms with E-state index in [4.69, 9.17) is 16.3 Å². The molecule has 0 aliphatic rings. The molecule has 0 saturated carbocycles. The lowest BCUT2D eigenvalue weighted by atomic mass is 10.2. The van der Waals surface area contributed by atoms with E-state index in [-0.39, 0.29) is 5.38 Å². The summed E-state index contributed by atoms with van der Waals surface area (Å²) in [5.41, 5.74) is 1.78. The SMILES string of the molecule is COCC(C)Cn1c(C(C)Cl)nc2cccnc21. The van der Waals surface area contributed by atoms with Gasteiger partial charge < -0.3 is 9.30 Å². The van der Waals surface area contributed by atoms with Crippen molar-refractivity contribution in [3.63, 3.8) is 0 Å². The molecule has 0 fully saturated rings. The Morgan fingerprint density at radius 3 is 2.89 bits per heavy atom. The van der Waals surface area contributed by atoms with Crippen LogP contribution in [0.4, 0.5) is 0 Å². The molecule has 4 nitrogen and oxygen atoms in total. The Bertz CT molecular complexity index is 524. The number of hydrogen-bond acceptors (Lipinski definition) is 3. The third-order valence-corrected chi connectivity index (χ3v) is 3.03. The van der Waals surface area contributed by atoms with Crippen molar-refractivity contribution >= 4 is 22.8 Å². The van der Waals surface area contributed by atoms with Crippen molar-refractivity contribution in [2.75, 3.05) is 13.7 Å². The number of methoxy groups -OCH3 is 1. The van der Waals surface area contributed by atoms with Gasteiger partial charge in [-0.25, -0.2) is 9.97 Å². The lowest BCUT2D eigenvalue weighted by Gasteiger charge is -2.14. The van der Waals surface area contributed by atoms with E-state index in [0.717, 1.165) is 23.5 Å². The Balaban J connectivity index is 2.42. The summed E-state index contributed by atoms with van der Waals surface area (Å²) in [7, 11) is 1.71. The van der Waals surface area contributed by atoms with Gasteiger partial charge in [0.2, 0.25) is 0 Å². The van der Waals surface area contributed by atoms with Gasteiger partial charge in [-0.1, -0.05) is 6.92 Å². The number of aromatic nitrogens is 3. The van der Waals surface area contributed by atoms with Crippen molar-refractivity contribution in [3.05, 3.63) is 24.2 Å². The van der Waals surface area contributed by atoms with Crippen LogP contribution < -0.4 is 0 Å². The third kappa shape index (κ3) is 2.65. The normalized spacial score (nSPS) is 14.9. The highest BCUT2D eigenvalue weighted by Crippen LogP contribution is 2.24. The Morgan fingerprint density at radius 2 is 2.22 bits per heavy atom. The van der Waals surface area contributed by atoms with E-state index in [2.05, 4.69) is 21.5 Å². The number of ether oxygens (including phenoxy) is 1. The Morgan fingerprint density at radius 1 is 1.44 bits per heavy atom. The number of alkyl halides is 1. The maximum atomic E-state index is 6.20. The fraction of sp³-hybridized carbons (Fsp3) is 0.538. The largest absolute Gasteiger partial charge is 0.384 e.